The van der Waals surface area contributed by atoms with Crippen LogP contribution in [0.3, 0.4) is 0 Å². The lowest BCUT2D eigenvalue weighted by molar-refractivity contribution is 0.293. The Kier molecular flexibility index (Phi) is 11.3. The van der Waals surface area contributed by atoms with Crippen LogP contribution in [0.2, 0.25) is 0 Å². The highest BCUT2D eigenvalue weighted by atomic mass is 15.1. The van der Waals surface area contributed by atoms with Crippen molar-refractivity contribution in [2.45, 2.75) is 65.8 Å². The molecule has 0 saturated heterocycles. The Labute approximate surface area is 103 Å². The SMILES string of the molecule is CCCCCN(CC)C[CH]NC(C)CCC. The molecule has 0 aromatic heterocycles. The summed E-state index contributed by atoms with van der Waals surface area (Å²) in [4.78, 5) is 2.50. The quantitative estimate of drug-likeness (QED) is 0.544. The summed E-state index contributed by atoms with van der Waals surface area (Å²) in [7, 11) is 0. The van der Waals surface area contributed by atoms with Gasteiger partial charge in [-0.2, -0.15) is 0 Å². The third-order valence-electron chi connectivity index (χ3n) is 3.00. The molecule has 0 fully saturated rings. The Morgan fingerprint density at radius 2 is 1.88 bits per heavy atom. The van der Waals surface area contributed by atoms with Crippen LogP contribution in [0.5, 0.6) is 0 Å². The summed E-state index contributed by atoms with van der Waals surface area (Å²) in [6, 6.07) is 0.624. The number of rotatable bonds is 11. The van der Waals surface area contributed by atoms with Crippen molar-refractivity contribution in [2.75, 3.05) is 19.6 Å². The van der Waals surface area contributed by atoms with Crippen LogP contribution in [0, 0.1) is 6.54 Å². The first-order valence-corrected chi connectivity index (χ1v) is 7.04. The van der Waals surface area contributed by atoms with Crippen LogP contribution in [-0.4, -0.2) is 30.6 Å². The van der Waals surface area contributed by atoms with Gasteiger partial charge in [-0.15, -0.1) is 0 Å². The zero-order valence-electron chi connectivity index (χ0n) is 11.8. The minimum Gasteiger partial charge on any atom is -0.309 e. The molecule has 0 aromatic rings. The van der Waals surface area contributed by atoms with Crippen molar-refractivity contribution < 1.29 is 0 Å². The minimum atomic E-state index is 0.624. The number of likely N-dealkylation sites (N-methyl/N-ethyl adjacent to an activating group) is 1. The van der Waals surface area contributed by atoms with Gasteiger partial charge in [-0.1, -0.05) is 40.0 Å². The highest BCUT2D eigenvalue weighted by Crippen LogP contribution is 2.00. The molecule has 0 aromatic carbocycles. The van der Waals surface area contributed by atoms with E-state index in [-0.39, 0.29) is 0 Å². The fourth-order valence-corrected chi connectivity index (χ4v) is 1.86. The summed E-state index contributed by atoms with van der Waals surface area (Å²) >= 11 is 0. The number of nitrogens with one attached hydrogen (secondary N) is 1. The summed E-state index contributed by atoms with van der Waals surface area (Å²) in [5.41, 5.74) is 0. The van der Waals surface area contributed by atoms with Crippen molar-refractivity contribution in [2.24, 2.45) is 0 Å². The van der Waals surface area contributed by atoms with Gasteiger partial charge < -0.3 is 10.2 Å². The van der Waals surface area contributed by atoms with Gasteiger partial charge in [0.25, 0.3) is 0 Å². The molecule has 0 spiro atoms. The van der Waals surface area contributed by atoms with E-state index in [9.17, 15) is 0 Å². The monoisotopic (exact) mass is 227 g/mol. The summed E-state index contributed by atoms with van der Waals surface area (Å²) in [6.07, 6.45) is 6.53. The van der Waals surface area contributed by atoms with Crippen molar-refractivity contribution in [3.8, 4) is 0 Å². The van der Waals surface area contributed by atoms with E-state index in [1.165, 1.54) is 38.6 Å². The minimum absolute atomic E-state index is 0.624. The van der Waals surface area contributed by atoms with Crippen molar-refractivity contribution in [3.05, 3.63) is 6.54 Å². The van der Waals surface area contributed by atoms with Gasteiger partial charge in [0.15, 0.2) is 0 Å². The molecular weight excluding hydrogens is 196 g/mol. The molecule has 0 aliphatic heterocycles. The average molecular weight is 227 g/mol. The van der Waals surface area contributed by atoms with Crippen LogP contribution in [-0.2, 0) is 0 Å². The number of hydrogen-bond acceptors (Lipinski definition) is 2. The van der Waals surface area contributed by atoms with Crippen LogP contribution in [0.15, 0.2) is 0 Å². The van der Waals surface area contributed by atoms with Crippen molar-refractivity contribution in [1.29, 1.82) is 0 Å². The zero-order chi connectivity index (χ0) is 12.2. The Hall–Kier alpha value is -0.0800. The summed E-state index contributed by atoms with van der Waals surface area (Å²) < 4.78 is 0. The maximum atomic E-state index is 3.47. The van der Waals surface area contributed by atoms with E-state index in [4.69, 9.17) is 0 Å². The predicted molar refractivity (Wildman–Crippen MR) is 73.4 cm³/mol. The first kappa shape index (κ1) is 15.9. The van der Waals surface area contributed by atoms with E-state index in [0.717, 1.165) is 13.1 Å². The normalized spacial score (nSPS) is 13.3. The Morgan fingerprint density at radius 3 is 2.44 bits per heavy atom. The van der Waals surface area contributed by atoms with Crippen LogP contribution >= 0.6 is 0 Å². The van der Waals surface area contributed by atoms with Crippen LogP contribution in [0.1, 0.15) is 59.8 Å². The smallest absolute Gasteiger partial charge is 0.0363 e. The third-order valence-corrected chi connectivity index (χ3v) is 3.00. The molecule has 0 saturated carbocycles. The Balaban J connectivity index is 3.46. The summed E-state index contributed by atoms with van der Waals surface area (Å²) in [6.45, 7) is 14.7. The average Bonchev–Trinajstić information content (AvgIpc) is 2.27. The standard InChI is InChI=1S/C14H31N2/c1-5-8-9-12-16(7-3)13-11-15-14(4)10-6-2/h11,14-15H,5-10,12-13H2,1-4H3. The van der Waals surface area contributed by atoms with E-state index in [1.54, 1.807) is 0 Å². The molecule has 0 aliphatic carbocycles. The fourth-order valence-electron chi connectivity index (χ4n) is 1.86. The number of unbranched alkanes of at least 4 members (excludes halogenated alkanes) is 2. The van der Waals surface area contributed by atoms with E-state index in [1.807, 2.05) is 0 Å². The summed E-state index contributed by atoms with van der Waals surface area (Å²) in [5, 5.41) is 3.47. The predicted octanol–water partition coefficient (Wildman–Crippen LogP) is 3.44. The lowest BCUT2D eigenvalue weighted by Crippen LogP contribution is -2.32. The highest BCUT2D eigenvalue weighted by Gasteiger charge is 2.03. The molecule has 1 atom stereocenters. The van der Waals surface area contributed by atoms with Gasteiger partial charge >= 0.3 is 0 Å². The zero-order valence-corrected chi connectivity index (χ0v) is 11.8. The molecule has 1 radical (unpaired) electrons. The van der Waals surface area contributed by atoms with Gasteiger partial charge in [-0.25, -0.2) is 0 Å². The highest BCUT2D eigenvalue weighted by molar-refractivity contribution is 4.72. The molecule has 0 bridgehead atoms. The van der Waals surface area contributed by atoms with Gasteiger partial charge in [0.2, 0.25) is 0 Å². The molecule has 0 aliphatic rings. The van der Waals surface area contributed by atoms with E-state index in [2.05, 4.69) is 44.5 Å². The van der Waals surface area contributed by atoms with E-state index < -0.39 is 0 Å². The molecule has 97 valence electrons. The van der Waals surface area contributed by atoms with Crippen LogP contribution in [0.4, 0.5) is 0 Å². The Bertz CT molecular complexity index is 137. The van der Waals surface area contributed by atoms with Gasteiger partial charge in [-0.05, 0) is 32.9 Å². The lowest BCUT2D eigenvalue weighted by atomic mass is 10.2. The maximum absolute atomic E-state index is 3.47. The van der Waals surface area contributed by atoms with E-state index >= 15 is 0 Å². The number of nitrogens with zero attached hydrogens (tertiary/aromatic N) is 1. The largest absolute Gasteiger partial charge is 0.309 e. The first-order valence-electron chi connectivity index (χ1n) is 7.04. The molecule has 16 heavy (non-hydrogen) atoms. The number of hydrogen-bond donors (Lipinski definition) is 1. The van der Waals surface area contributed by atoms with Crippen LogP contribution < -0.4 is 5.32 Å². The second kappa shape index (κ2) is 11.4. The van der Waals surface area contributed by atoms with Crippen molar-refractivity contribution >= 4 is 0 Å². The first-order chi connectivity index (χ1) is 7.74. The topological polar surface area (TPSA) is 15.3 Å². The third kappa shape index (κ3) is 9.17. The molecule has 2 nitrogen and oxygen atoms in total. The molecule has 1 unspecified atom stereocenters. The van der Waals surface area contributed by atoms with Gasteiger partial charge in [0.1, 0.15) is 0 Å². The van der Waals surface area contributed by atoms with Gasteiger partial charge in [0.05, 0.1) is 0 Å². The molecule has 0 rings (SSSR count). The van der Waals surface area contributed by atoms with E-state index in [0.29, 0.717) is 6.04 Å². The van der Waals surface area contributed by atoms with Gasteiger partial charge in [0, 0.05) is 19.1 Å². The molecule has 1 N–H and O–H groups in total. The maximum Gasteiger partial charge on any atom is 0.0363 e. The second-order valence-electron chi connectivity index (χ2n) is 4.66. The van der Waals surface area contributed by atoms with Gasteiger partial charge in [-0.3, -0.25) is 0 Å². The molecular formula is C14H31N2. The Morgan fingerprint density at radius 1 is 1.12 bits per heavy atom. The molecule has 2 heteroatoms. The van der Waals surface area contributed by atoms with Crippen molar-refractivity contribution in [3.63, 3.8) is 0 Å². The van der Waals surface area contributed by atoms with Crippen LogP contribution in [0.25, 0.3) is 0 Å². The molecule has 0 amide bonds. The second-order valence-corrected chi connectivity index (χ2v) is 4.66. The lowest BCUT2D eigenvalue weighted by Gasteiger charge is -2.21. The van der Waals surface area contributed by atoms with Crippen molar-refractivity contribution in [1.82, 2.24) is 10.2 Å². The molecule has 0 heterocycles. The fraction of sp³-hybridized carbons (Fsp3) is 0.929. The summed E-state index contributed by atoms with van der Waals surface area (Å²) in [5.74, 6) is 0.